The van der Waals surface area contributed by atoms with Crippen LogP contribution in [0.1, 0.15) is 35.2 Å². The van der Waals surface area contributed by atoms with Crippen molar-refractivity contribution in [2.24, 2.45) is 5.92 Å². The summed E-state index contributed by atoms with van der Waals surface area (Å²) in [6.45, 7) is 0.394. The first kappa shape index (κ1) is 20.9. The molecule has 31 heavy (non-hydrogen) atoms. The lowest BCUT2D eigenvalue weighted by molar-refractivity contribution is -0.137. The highest BCUT2D eigenvalue weighted by atomic mass is 19.4. The van der Waals surface area contributed by atoms with E-state index in [0.717, 1.165) is 25.0 Å². The van der Waals surface area contributed by atoms with E-state index in [2.05, 4.69) is 10.6 Å². The second kappa shape index (κ2) is 8.05. The van der Waals surface area contributed by atoms with Crippen LogP contribution in [0.15, 0.2) is 48.5 Å². The number of alkyl halides is 3. The van der Waals surface area contributed by atoms with Crippen molar-refractivity contribution in [3.05, 3.63) is 59.7 Å². The number of nitrogens with zero attached hydrogens (tertiary/aromatic N) is 1. The molecule has 2 aromatic rings. The van der Waals surface area contributed by atoms with Gasteiger partial charge in [0.2, 0.25) is 11.8 Å². The predicted octanol–water partition coefficient (Wildman–Crippen LogP) is 3.91. The highest BCUT2D eigenvalue weighted by molar-refractivity contribution is 6.05. The molecule has 2 aliphatic rings. The fourth-order valence-corrected chi connectivity index (χ4v) is 3.61. The maximum atomic E-state index is 12.8. The van der Waals surface area contributed by atoms with Gasteiger partial charge in [0, 0.05) is 35.9 Å². The van der Waals surface area contributed by atoms with Crippen molar-refractivity contribution >= 4 is 29.1 Å². The molecule has 3 amide bonds. The van der Waals surface area contributed by atoms with Crippen LogP contribution in [-0.2, 0) is 15.8 Å². The van der Waals surface area contributed by atoms with Gasteiger partial charge in [0.15, 0.2) is 0 Å². The van der Waals surface area contributed by atoms with Crippen molar-refractivity contribution in [2.45, 2.75) is 31.5 Å². The van der Waals surface area contributed by atoms with Gasteiger partial charge >= 0.3 is 6.18 Å². The second-order valence-corrected chi connectivity index (χ2v) is 7.78. The van der Waals surface area contributed by atoms with Crippen molar-refractivity contribution in [3.63, 3.8) is 0 Å². The number of likely N-dealkylation sites (tertiary alicyclic amines) is 1. The number of hydrogen-bond acceptors (Lipinski definition) is 3. The van der Waals surface area contributed by atoms with Gasteiger partial charge in [-0.3, -0.25) is 14.4 Å². The monoisotopic (exact) mass is 431 g/mol. The molecule has 1 aliphatic heterocycles. The molecule has 1 saturated heterocycles. The molecule has 2 fully saturated rings. The molecule has 162 valence electrons. The van der Waals surface area contributed by atoms with Crippen LogP contribution in [0.25, 0.3) is 0 Å². The first-order chi connectivity index (χ1) is 14.7. The summed E-state index contributed by atoms with van der Waals surface area (Å²) in [6.07, 6.45) is -2.40. The lowest BCUT2D eigenvalue weighted by Crippen LogP contribution is -2.29. The molecule has 1 aliphatic carbocycles. The van der Waals surface area contributed by atoms with Gasteiger partial charge in [0.05, 0.1) is 11.5 Å². The van der Waals surface area contributed by atoms with E-state index >= 15 is 0 Å². The minimum Gasteiger partial charge on any atom is -0.339 e. The number of rotatable bonds is 5. The highest BCUT2D eigenvalue weighted by Crippen LogP contribution is 2.33. The molecule has 0 spiro atoms. The summed E-state index contributed by atoms with van der Waals surface area (Å²) < 4.78 is 38.5. The average Bonchev–Trinajstić information content (AvgIpc) is 3.49. The third kappa shape index (κ3) is 4.87. The number of carbonyl (C=O) groups excluding carboxylic acids is 3. The van der Waals surface area contributed by atoms with Gasteiger partial charge in [-0.15, -0.1) is 0 Å². The maximum Gasteiger partial charge on any atom is 0.416 e. The van der Waals surface area contributed by atoms with Crippen molar-refractivity contribution in [2.75, 3.05) is 17.2 Å². The van der Waals surface area contributed by atoms with Crippen molar-refractivity contribution in [1.82, 2.24) is 4.90 Å². The first-order valence-electron chi connectivity index (χ1n) is 9.90. The summed E-state index contributed by atoms with van der Waals surface area (Å²) in [6, 6.07) is 10.7. The molecule has 0 aromatic heterocycles. The zero-order valence-electron chi connectivity index (χ0n) is 16.4. The van der Waals surface area contributed by atoms with Gasteiger partial charge < -0.3 is 15.5 Å². The first-order valence-corrected chi connectivity index (χ1v) is 9.90. The van der Waals surface area contributed by atoms with Crippen molar-refractivity contribution in [3.8, 4) is 0 Å². The molecule has 2 N–H and O–H groups in total. The standard InChI is InChI=1S/C22H20F3N3O3/c23-22(24,25)15-4-2-6-17(11-15)27-20(30)13-3-1-5-16(9-13)26-21(31)14-10-19(29)28(12-14)18-7-8-18/h1-6,9,11,14,18H,7-8,10,12H2,(H,26,31)(H,27,30)/t14-/m0/s1. The fourth-order valence-electron chi connectivity index (χ4n) is 3.61. The van der Waals surface area contributed by atoms with E-state index in [1.54, 1.807) is 17.0 Å². The highest BCUT2D eigenvalue weighted by Gasteiger charge is 2.41. The summed E-state index contributed by atoms with van der Waals surface area (Å²) in [5.74, 6) is -1.37. The zero-order valence-corrected chi connectivity index (χ0v) is 16.4. The maximum absolute atomic E-state index is 12.8. The molecule has 2 aromatic carbocycles. The minimum atomic E-state index is -4.51. The lowest BCUT2D eigenvalue weighted by atomic mass is 10.1. The summed E-state index contributed by atoms with van der Waals surface area (Å²) in [5, 5.41) is 5.16. The van der Waals surface area contributed by atoms with Gasteiger partial charge in [0.25, 0.3) is 5.91 Å². The van der Waals surface area contributed by atoms with Gasteiger partial charge in [0.1, 0.15) is 0 Å². The summed E-state index contributed by atoms with van der Waals surface area (Å²) in [7, 11) is 0. The van der Waals surface area contributed by atoms with Crippen molar-refractivity contribution < 1.29 is 27.6 Å². The van der Waals surface area contributed by atoms with Crippen LogP contribution >= 0.6 is 0 Å². The molecular formula is C22H20F3N3O3. The third-order valence-corrected chi connectivity index (χ3v) is 5.36. The van der Waals surface area contributed by atoms with Crippen LogP contribution in [0.2, 0.25) is 0 Å². The number of carbonyl (C=O) groups is 3. The number of halogens is 3. The zero-order chi connectivity index (χ0) is 22.2. The molecular weight excluding hydrogens is 411 g/mol. The number of hydrogen-bond donors (Lipinski definition) is 2. The van der Waals surface area contributed by atoms with E-state index in [1.165, 1.54) is 24.3 Å². The molecule has 0 unspecified atom stereocenters. The number of benzene rings is 2. The number of amides is 3. The lowest BCUT2D eigenvalue weighted by Gasteiger charge is -2.15. The quantitative estimate of drug-likeness (QED) is 0.754. The molecule has 6 nitrogen and oxygen atoms in total. The van der Waals surface area contributed by atoms with Crippen LogP contribution in [0, 0.1) is 5.92 Å². The van der Waals surface area contributed by atoms with E-state index in [4.69, 9.17) is 0 Å². The predicted molar refractivity (Wildman–Crippen MR) is 107 cm³/mol. The average molecular weight is 431 g/mol. The van der Waals surface area contributed by atoms with E-state index in [1.807, 2.05) is 0 Å². The Balaban J connectivity index is 1.40. The Hall–Kier alpha value is -3.36. The SMILES string of the molecule is O=C(Nc1cccc(C(F)(F)F)c1)c1cccc(NC(=O)[C@H]2CC(=O)N(C3CC3)C2)c1. The van der Waals surface area contributed by atoms with E-state index in [9.17, 15) is 27.6 Å². The number of nitrogens with one attached hydrogen (secondary N) is 2. The Labute approximate surface area is 176 Å². The van der Waals surface area contributed by atoms with Crippen LogP contribution < -0.4 is 10.6 Å². The van der Waals surface area contributed by atoms with Gasteiger partial charge in [-0.2, -0.15) is 13.2 Å². The van der Waals surface area contributed by atoms with Gasteiger partial charge in [-0.05, 0) is 49.2 Å². The summed E-state index contributed by atoms with van der Waals surface area (Å²) in [5.41, 5.74) is -0.298. The topological polar surface area (TPSA) is 78.5 Å². The Morgan fingerprint density at radius 2 is 1.65 bits per heavy atom. The van der Waals surface area contributed by atoms with Crippen LogP contribution in [0.5, 0.6) is 0 Å². The van der Waals surface area contributed by atoms with Crippen molar-refractivity contribution in [1.29, 1.82) is 0 Å². The van der Waals surface area contributed by atoms with Gasteiger partial charge in [-0.25, -0.2) is 0 Å². The Morgan fingerprint density at radius 3 is 2.32 bits per heavy atom. The van der Waals surface area contributed by atoms with Crippen LogP contribution in [0.3, 0.4) is 0 Å². The third-order valence-electron chi connectivity index (χ3n) is 5.36. The molecule has 0 radical (unpaired) electrons. The van der Waals surface area contributed by atoms with E-state index in [-0.39, 0.29) is 35.5 Å². The summed E-state index contributed by atoms with van der Waals surface area (Å²) in [4.78, 5) is 38.8. The minimum absolute atomic E-state index is 0.0129. The Kier molecular flexibility index (Phi) is 5.43. The molecule has 4 rings (SSSR count). The number of anilines is 2. The fraction of sp³-hybridized carbons (Fsp3) is 0.318. The molecule has 0 bridgehead atoms. The Bertz CT molecular complexity index is 1030. The molecule has 9 heteroatoms. The van der Waals surface area contributed by atoms with Gasteiger partial charge in [-0.1, -0.05) is 12.1 Å². The normalized spacial score (nSPS) is 18.7. The summed E-state index contributed by atoms with van der Waals surface area (Å²) >= 11 is 0. The molecule has 1 saturated carbocycles. The van der Waals surface area contributed by atoms with Crippen LogP contribution in [-0.4, -0.2) is 35.2 Å². The molecule has 1 heterocycles. The second-order valence-electron chi connectivity index (χ2n) is 7.78. The Morgan fingerprint density at radius 1 is 0.968 bits per heavy atom. The van der Waals surface area contributed by atoms with E-state index in [0.29, 0.717) is 12.2 Å². The van der Waals surface area contributed by atoms with E-state index < -0.39 is 23.6 Å². The largest absolute Gasteiger partial charge is 0.416 e. The molecule has 1 atom stereocenters. The van der Waals surface area contributed by atoms with Crippen LogP contribution in [0.4, 0.5) is 24.5 Å². The smallest absolute Gasteiger partial charge is 0.339 e.